The molecule has 0 aliphatic heterocycles. The van der Waals surface area contributed by atoms with E-state index < -0.39 is 11.0 Å². The van der Waals surface area contributed by atoms with Gasteiger partial charge in [0.15, 0.2) is 0 Å². The van der Waals surface area contributed by atoms with Gasteiger partial charge in [0, 0.05) is 23.9 Å². The molecule has 1 atom stereocenters. The lowest BCUT2D eigenvalue weighted by Crippen LogP contribution is -2.29. The maximum absolute atomic E-state index is 12.6. The highest BCUT2D eigenvalue weighted by atomic mass is 16.6. The minimum atomic E-state index is -0.498. The number of carbonyl (C=O) groups excluding carboxylic acids is 1. The molecular weight excluding hydrogens is 318 g/mol. The number of hydrogen-bond acceptors (Lipinski definition) is 4. The van der Waals surface area contributed by atoms with Gasteiger partial charge in [0.2, 0.25) is 0 Å². The summed E-state index contributed by atoms with van der Waals surface area (Å²) in [5.41, 5.74) is 1.91. The van der Waals surface area contributed by atoms with Crippen molar-refractivity contribution in [3.8, 4) is 0 Å². The molecule has 0 aliphatic rings. The third kappa shape index (κ3) is 3.87. The lowest BCUT2D eigenvalue weighted by atomic mass is 10.0. The zero-order chi connectivity index (χ0) is 17.6. The molecule has 0 spiro atoms. The number of rotatable bonds is 5. The summed E-state index contributed by atoms with van der Waals surface area (Å²) in [5, 5.41) is 13.7. The Bertz CT molecular complexity index is 826. The Balaban J connectivity index is 1.87. The molecule has 0 aliphatic carbocycles. The lowest BCUT2D eigenvalue weighted by Gasteiger charge is -2.19. The standard InChI is InChI=1S/C19H15N3O3/c23-19(15-9-11-16(12-10-15)22(24)25)21-18(14-6-2-1-3-7-14)17-8-4-5-13-20-17/h1-13,18H,(H,21,23)/t18-/m1/s1. The number of aromatic nitrogens is 1. The van der Waals surface area contributed by atoms with Gasteiger partial charge >= 0.3 is 0 Å². The maximum Gasteiger partial charge on any atom is 0.269 e. The van der Waals surface area contributed by atoms with Crippen molar-refractivity contribution in [2.45, 2.75) is 6.04 Å². The van der Waals surface area contributed by atoms with E-state index in [0.29, 0.717) is 11.3 Å². The molecule has 3 rings (SSSR count). The summed E-state index contributed by atoms with van der Waals surface area (Å²) >= 11 is 0. The molecule has 25 heavy (non-hydrogen) atoms. The Morgan fingerprint density at radius 2 is 1.64 bits per heavy atom. The molecule has 1 heterocycles. The van der Waals surface area contributed by atoms with Crippen LogP contribution >= 0.6 is 0 Å². The largest absolute Gasteiger partial charge is 0.340 e. The minimum Gasteiger partial charge on any atom is -0.340 e. The van der Waals surface area contributed by atoms with Crippen molar-refractivity contribution in [1.29, 1.82) is 0 Å². The molecule has 0 radical (unpaired) electrons. The van der Waals surface area contributed by atoms with Crippen molar-refractivity contribution in [3.05, 3.63) is 106 Å². The van der Waals surface area contributed by atoms with Crippen LogP contribution in [0, 0.1) is 10.1 Å². The van der Waals surface area contributed by atoms with Crippen molar-refractivity contribution >= 4 is 11.6 Å². The van der Waals surface area contributed by atoms with E-state index in [1.807, 2.05) is 48.5 Å². The first kappa shape index (κ1) is 16.3. The third-order valence-electron chi connectivity index (χ3n) is 3.73. The molecule has 0 fully saturated rings. The molecular formula is C19H15N3O3. The van der Waals surface area contributed by atoms with E-state index in [4.69, 9.17) is 0 Å². The summed E-state index contributed by atoms with van der Waals surface area (Å²) in [4.78, 5) is 27.1. The summed E-state index contributed by atoms with van der Waals surface area (Å²) in [6.07, 6.45) is 1.67. The summed E-state index contributed by atoms with van der Waals surface area (Å²) in [6, 6.07) is 20.1. The van der Waals surface area contributed by atoms with Crippen LogP contribution in [0.15, 0.2) is 79.0 Å². The fourth-order valence-electron chi connectivity index (χ4n) is 2.47. The highest BCUT2D eigenvalue weighted by Gasteiger charge is 2.19. The van der Waals surface area contributed by atoms with Crippen LogP contribution in [0.4, 0.5) is 5.69 Å². The van der Waals surface area contributed by atoms with Crippen LogP contribution in [0.5, 0.6) is 0 Å². The normalized spacial score (nSPS) is 11.5. The number of nitrogens with zero attached hydrogens (tertiary/aromatic N) is 2. The van der Waals surface area contributed by atoms with Gasteiger partial charge in [0.25, 0.3) is 11.6 Å². The number of pyridine rings is 1. The summed E-state index contributed by atoms with van der Waals surface area (Å²) in [5.74, 6) is -0.325. The zero-order valence-corrected chi connectivity index (χ0v) is 13.2. The molecule has 124 valence electrons. The molecule has 0 saturated heterocycles. The predicted molar refractivity (Wildman–Crippen MR) is 93.1 cm³/mol. The molecule has 0 saturated carbocycles. The Morgan fingerprint density at radius 3 is 2.24 bits per heavy atom. The molecule has 6 nitrogen and oxygen atoms in total. The van der Waals surface area contributed by atoms with E-state index in [1.54, 1.807) is 6.20 Å². The highest BCUT2D eigenvalue weighted by Crippen LogP contribution is 2.21. The smallest absolute Gasteiger partial charge is 0.269 e. The number of hydrogen-bond donors (Lipinski definition) is 1. The van der Waals surface area contributed by atoms with Crippen LogP contribution in [-0.2, 0) is 0 Å². The molecule has 2 aromatic carbocycles. The molecule has 0 unspecified atom stereocenters. The van der Waals surface area contributed by atoms with Gasteiger partial charge in [-0.2, -0.15) is 0 Å². The Labute approximate surface area is 144 Å². The number of amides is 1. The average molecular weight is 333 g/mol. The number of nitro groups is 1. The van der Waals surface area contributed by atoms with Gasteiger partial charge in [0.1, 0.15) is 0 Å². The second kappa shape index (κ2) is 7.35. The van der Waals surface area contributed by atoms with E-state index >= 15 is 0 Å². The fourth-order valence-corrected chi connectivity index (χ4v) is 2.47. The van der Waals surface area contributed by atoms with E-state index in [1.165, 1.54) is 24.3 Å². The first-order valence-electron chi connectivity index (χ1n) is 7.66. The Hall–Kier alpha value is -3.54. The SMILES string of the molecule is O=C(N[C@H](c1ccccc1)c1ccccn1)c1ccc([N+](=O)[O-])cc1. The van der Waals surface area contributed by atoms with Crippen molar-refractivity contribution < 1.29 is 9.72 Å². The average Bonchev–Trinajstić information content (AvgIpc) is 2.67. The van der Waals surface area contributed by atoms with Gasteiger partial charge in [-0.25, -0.2) is 0 Å². The molecule has 0 bridgehead atoms. The maximum atomic E-state index is 12.6. The number of non-ortho nitro benzene ring substituents is 1. The van der Waals surface area contributed by atoms with Crippen LogP contribution in [-0.4, -0.2) is 15.8 Å². The van der Waals surface area contributed by atoms with E-state index in [0.717, 1.165) is 5.56 Å². The summed E-state index contributed by atoms with van der Waals surface area (Å²) in [7, 11) is 0. The fraction of sp³-hybridized carbons (Fsp3) is 0.0526. The van der Waals surface area contributed by atoms with Crippen molar-refractivity contribution in [3.63, 3.8) is 0 Å². The van der Waals surface area contributed by atoms with Crippen LogP contribution in [0.1, 0.15) is 27.7 Å². The van der Waals surface area contributed by atoms with Gasteiger partial charge in [-0.1, -0.05) is 36.4 Å². The minimum absolute atomic E-state index is 0.0547. The Morgan fingerprint density at radius 1 is 0.960 bits per heavy atom. The number of nitro benzene ring substituents is 1. The van der Waals surface area contributed by atoms with Crippen molar-refractivity contribution in [2.75, 3.05) is 0 Å². The van der Waals surface area contributed by atoms with Gasteiger partial charge in [0.05, 0.1) is 16.7 Å². The van der Waals surface area contributed by atoms with Crippen molar-refractivity contribution in [2.24, 2.45) is 0 Å². The molecule has 1 N–H and O–H groups in total. The van der Waals surface area contributed by atoms with E-state index in [-0.39, 0.29) is 11.6 Å². The number of nitrogens with one attached hydrogen (secondary N) is 1. The van der Waals surface area contributed by atoms with Crippen LogP contribution in [0.25, 0.3) is 0 Å². The van der Waals surface area contributed by atoms with Crippen LogP contribution in [0.3, 0.4) is 0 Å². The monoisotopic (exact) mass is 333 g/mol. The number of carbonyl (C=O) groups is 1. The van der Waals surface area contributed by atoms with Gasteiger partial charge in [-0.15, -0.1) is 0 Å². The van der Waals surface area contributed by atoms with Gasteiger partial charge < -0.3 is 5.32 Å². The second-order valence-corrected chi connectivity index (χ2v) is 5.38. The topological polar surface area (TPSA) is 85.1 Å². The van der Waals surface area contributed by atoms with Gasteiger partial charge in [-0.3, -0.25) is 19.9 Å². The summed E-state index contributed by atoms with van der Waals surface area (Å²) in [6.45, 7) is 0. The second-order valence-electron chi connectivity index (χ2n) is 5.38. The quantitative estimate of drug-likeness (QED) is 0.572. The zero-order valence-electron chi connectivity index (χ0n) is 13.2. The first-order chi connectivity index (χ1) is 12.1. The molecule has 1 amide bonds. The number of benzene rings is 2. The van der Waals surface area contributed by atoms with Crippen LogP contribution in [0.2, 0.25) is 0 Å². The van der Waals surface area contributed by atoms with Crippen LogP contribution < -0.4 is 5.32 Å². The van der Waals surface area contributed by atoms with E-state index in [2.05, 4.69) is 10.3 Å². The molecule has 6 heteroatoms. The van der Waals surface area contributed by atoms with Crippen molar-refractivity contribution in [1.82, 2.24) is 10.3 Å². The third-order valence-corrected chi connectivity index (χ3v) is 3.73. The van der Waals surface area contributed by atoms with Gasteiger partial charge in [-0.05, 0) is 29.8 Å². The Kier molecular flexibility index (Phi) is 4.80. The molecule has 3 aromatic rings. The molecule has 1 aromatic heterocycles. The first-order valence-corrected chi connectivity index (χ1v) is 7.66. The predicted octanol–water partition coefficient (Wildman–Crippen LogP) is 3.51. The van der Waals surface area contributed by atoms with E-state index in [9.17, 15) is 14.9 Å². The highest BCUT2D eigenvalue weighted by molar-refractivity contribution is 5.94. The lowest BCUT2D eigenvalue weighted by molar-refractivity contribution is -0.384. The summed E-state index contributed by atoms with van der Waals surface area (Å²) < 4.78 is 0.